The first-order valence-electron chi connectivity index (χ1n) is 5.43. The van der Waals surface area contributed by atoms with Gasteiger partial charge in [-0.1, -0.05) is 6.07 Å². The number of ether oxygens (including phenoxy) is 1. The van der Waals surface area contributed by atoms with E-state index in [2.05, 4.69) is 0 Å². The van der Waals surface area contributed by atoms with Crippen LogP contribution in [0.25, 0.3) is 0 Å². The highest BCUT2D eigenvalue weighted by atomic mass is 16.5. The van der Waals surface area contributed by atoms with Gasteiger partial charge in [0.05, 0.1) is 0 Å². The Labute approximate surface area is 95.0 Å². The number of hydrogen-bond acceptors (Lipinski definition) is 3. The second-order valence-corrected chi connectivity index (χ2v) is 3.99. The molecule has 2 N–H and O–H groups in total. The second kappa shape index (κ2) is 4.53. The third kappa shape index (κ3) is 2.17. The van der Waals surface area contributed by atoms with Gasteiger partial charge in [0.25, 0.3) is 5.91 Å². The molecule has 1 heterocycles. The van der Waals surface area contributed by atoms with Crippen molar-refractivity contribution in [2.24, 2.45) is 0 Å². The molecule has 1 aromatic rings. The lowest BCUT2D eigenvalue weighted by Crippen LogP contribution is -2.36. The van der Waals surface area contributed by atoms with Crippen LogP contribution in [-0.2, 0) is 9.53 Å². The van der Waals surface area contributed by atoms with Crippen LogP contribution >= 0.6 is 0 Å². The maximum Gasteiger partial charge on any atom is 0.255 e. The molecule has 1 atom stereocenters. The van der Waals surface area contributed by atoms with Crippen LogP contribution in [0.2, 0.25) is 0 Å². The smallest absolute Gasteiger partial charge is 0.255 e. The molecule has 1 saturated heterocycles. The van der Waals surface area contributed by atoms with E-state index in [1.807, 2.05) is 12.1 Å². The number of nitrogens with two attached hydrogens (primary N) is 1. The van der Waals surface area contributed by atoms with Gasteiger partial charge in [-0.05, 0) is 31.0 Å². The number of nitrogen functional groups attached to an aromatic ring is 1. The molecular weight excluding hydrogens is 204 g/mol. The monoisotopic (exact) mass is 220 g/mol. The van der Waals surface area contributed by atoms with Crippen molar-refractivity contribution in [2.75, 3.05) is 24.3 Å². The summed E-state index contributed by atoms with van der Waals surface area (Å²) in [7, 11) is 1.75. The van der Waals surface area contributed by atoms with Crippen LogP contribution in [0, 0.1) is 0 Å². The highest BCUT2D eigenvalue weighted by Gasteiger charge is 2.26. The molecule has 0 saturated carbocycles. The molecule has 0 radical (unpaired) electrons. The Bertz CT molecular complexity index is 386. The summed E-state index contributed by atoms with van der Waals surface area (Å²) in [6.07, 6.45) is 1.48. The van der Waals surface area contributed by atoms with Gasteiger partial charge in [0.2, 0.25) is 0 Å². The summed E-state index contributed by atoms with van der Waals surface area (Å²) >= 11 is 0. The number of likely N-dealkylation sites (N-methyl/N-ethyl adjacent to an activating group) is 1. The van der Waals surface area contributed by atoms with E-state index in [4.69, 9.17) is 10.5 Å². The van der Waals surface area contributed by atoms with Crippen LogP contribution < -0.4 is 10.6 Å². The van der Waals surface area contributed by atoms with Crippen molar-refractivity contribution in [1.29, 1.82) is 0 Å². The van der Waals surface area contributed by atoms with Crippen LogP contribution in [-0.4, -0.2) is 25.7 Å². The second-order valence-electron chi connectivity index (χ2n) is 3.99. The molecule has 4 nitrogen and oxygen atoms in total. The van der Waals surface area contributed by atoms with E-state index in [1.165, 1.54) is 0 Å². The summed E-state index contributed by atoms with van der Waals surface area (Å²) in [5.74, 6) is 0.00287. The van der Waals surface area contributed by atoms with Crippen LogP contribution in [0.15, 0.2) is 24.3 Å². The van der Waals surface area contributed by atoms with Gasteiger partial charge in [-0.3, -0.25) is 4.79 Å². The van der Waals surface area contributed by atoms with Crippen molar-refractivity contribution in [3.05, 3.63) is 24.3 Å². The van der Waals surface area contributed by atoms with Gasteiger partial charge in [-0.25, -0.2) is 0 Å². The first-order chi connectivity index (χ1) is 7.68. The average molecular weight is 220 g/mol. The topological polar surface area (TPSA) is 55.6 Å². The molecule has 1 fully saturated rings. The summed E-state index contributed by atoms with van der Waals surface area (Å²) in [4.78, 5) is 13.6. The fraction of sp³-hybridized carbons (Fsp3) is 0.417. The van der Waals surface area contributed by atoms with Crippen LogP contribution in [0.4, 0.5) is 11.4 Å². The quantitative estimate of drug-likeness (QED) is 0.767. The molecular formula is C12H16N2O2. The Kier molecular flexibility index (Phi) is 3.10. The zero-order valence-electron chi connectivity index (χ0n) is 9.35. The van der Waals surface area contributed by atoms with Crippen LogP contribution in [0.3, 0.4) is 0 Å². The van der Waals surface area contributed by atoms with Crippen molar-refractivity contribution in [3.63, 3.8) is 0 Å². The predicted molar refractivity (Wildman–Crippen MR) is 63.2 cm³/mol. The lowest BCUT2D eigenvalue weighted by atomic mass is 10.2. The van der Waals surface area contributed by atoms with E-state index in [9.17, 15) is 4.79 Å². The van der Waals surface area contributed by atoms with E-state index < -0.39 is 0 Å². The van der Waals surface area contributed by atoms with Crippen LogP contribution in [0.5, 0.6) is 0 Å². The van der Waals surface area contributed by atoms with Crippen molar-refractivity contribution in [3.8, 4) is 0 Å². The maximum absolute atomic E-state index is 12.0. The molecule has 1 unspecified atom stereocenters. The highest BCUT2D eigenvalue weighted by molar-refractivity contribution is 5.96. The van der Waals surface area contributed by atoms with Crippen molar-refractivity contribution >= 4 is 17.3 Å². The number of amides is 1. The molecule has 0 aliphatic carbocycles. The van der Waals surface area contributed by atoms with Gasteiger partial charge < -0.3 is 15.4 Å². The fourth-order valence-electron chi connectivity index (χ4n) is 1.85. The number of benzene rings is 1. The van der Waals surface area contributed by atoms with Gasteiger partial charge in [-0.2, -0.15) is 0 Å². The first kappa shape index (κ1) is 11.0. The van der Waals surface area contributed by atoms with E-state index in [0.717, 1.165) is 18.5 Å². The van der Waals surface area contributed by atoms with Gasteiger partial charge in [0, 0.05) is 25.0 Å². The molecule has 0 spiro atoms. The molecule has 86 valence electrons. The number of anilines is 2. The zero-order valence-corrected chi connectivity index (χ0v) is 9.35. The summed E-state index contributed by atoms with van der Waals surface area (Å²) in [5, 5.41) is 0. The summed E-state index contributed by atoms with van der Waals surface area (Å²) in [5.41, 5.74) is 7.14. The number of nitrogens with zero attached hydrogens (tertiary/aromatic N) is 1. The minimum absolute atomic E-state index is 0.00287. The fourth-order valence-corrected chi connectivity index (χ4v) is 1.85. The van der Waals surface area contributed by atoms with E-state index in [1.54, 1.807) is 24.1 Å². The summed E-state index contributed by atoms with van der Waals surface area (Å²) in [6.45, 7) is 0.682. The molecule has 1 aliphatic rings. The molecule has 16 heavy (non-hydrogen) atoms. The summed E-state index contributed by atoms with van der Waals surface area (Å²) < 4.78 is 5.37. The van der Waals surface area contributed by atoms with E-state index >= 15 is 0 Å². The summed E-state index contributed by atoms with van der Waals surface area (Å²) in [6, 6.07) is 7.29. The molecule has 2 rings (SSSR count). The largest absolute Gasteiger partial charge is 0.399 e. The molecule has 1 aromatic carbocycles. The number of carbonyl (C=O) groups is 1. The van der Waals surface area contributed by atoms with Gasteiger partial charge in [0.1, 0.15) is 6.10 Å². The number of carbonyl (C=O) groups excluding carboxylic acids is 1. The SMILES string of the molecule is CN(C(=O)C1CCCO1)c1cccc(N)c1. The molecule has 4 heteroatoms. The lowest BCUT2D eigenvalue weighted by molar-refractivity contribution is -0.127. The molecule has 1 aliphatic heterocycles. The third-order valence-electron chi connectivity index (χ3n) is 2.79. The Morgan fingerprint density at radius 3 is 3.00 bits per heavy atom. The maximum atomic E-state index is 12.0. The van der Waals surface area contributed by atoms with E-state index in [0.29, 0.717) is 12.3 Å². The third-order valence-corrected chi connectivity index (χ3v) is 2.79. The zero-order chi connectivity index (χ0) is 11.5. The predicted octanol–water partition coefficient (Wildman–Crippen LogP) is 1.41. The Morgan fingerprint density at radius 1 is 1.56 bits per heavy atom. The standard InChI is InChI=1S/C12H16N2O2/c1-14(10-5-2-4-9(13)8-10)12(15)11-6-3-7-16-11/h2,4-5,8,11H,3,6-7,13H2,1H3. The Balaban J connectivity index is 2.11. The van der Waals surface area contributed by atoms with Gasteiger partial charge in [-0.15, -0.1) is 0 Å². The molecule has 0 aromatic heterocycles. The lowest BCUT2D eigenvalue weighted by Gasteiger charge is -2.20. The minimum Gasteiger partial charge on any atom is -0.399 e. The van der Waals surface area contributed by atoms with E-state index in [-0.39, 0.29) is 12.0 Å². The van der Waals surface area contributed by atoms with Gasteiger partial charge >= 0.3 is 0 Å². The van der Waals surface area contributed by atoms with Gasteiger partial charge in [0.15, 0.2) is 0 Å². The highest BCUT2D eigenvalue weighted by Crippen LogP contribution is 2.20. The van der Waals surface area contributed by atoms with Crippen molar-refractivity contribution in [1.82, 2.24) is 0 Å². The average Bonchev–Trinajstić information content (AvgIpc) is 2.80. The van der Waals surface area contributed by atoms with Crippen molar-refractivity contribution in [2.45, 2.75) is 18.9 Å². The first-order valence-corrected chi connectivity index (χ1v) is 5.43. The van der Waals surface area contributed by atoms with Crippen LogP contribution in [0.1, 0.15) is 12.8 Å². The molecule has 1 amide bonds. The minimum atomic E-state index is -0.286. The Morgan fingerprint density at radius 2 is 2.38 bits per heavy atom. The van der Waals surface area contributed by atoms with Crippen molar-refractivity contribution < 1.29 is 9.53 Å². The normalized spacial score (nSPS) is 19.7. The number of rotatable bonds is 2. The molecule has 0 bridgehead atoms. The number of hydrogen-bond donors (Lipinski definition) is 1. The Hall–Kier alpha value is -1.55.